The number of hydrogen-bond donors (Lipinski definition) is 0. The molecule has 0 N–H and O–H groups in total. The Balaban J connectivity index is 2.79. The third-order valence-corrected chi connectivity index (χ3v) is 4.63. The third-order valence-electron chi connectivity index (χ3n) is 4.63. The highest BCUT2D eigenvalue weighted by Gasteiger charge is 2.22. The van der Waals surface area contributed by atoms with E-state index in [0.29, 0.717) is 0 Å². The van der Waals surface area contributed by atoms with E-state index in [1.807, 2.05) is 0 Å². The van der Waals surface area contributed by atoms with E-state index in [-0.39, 0.29) is 0 Å². The second-order valence-electron chi connectivity index (χ2n) is 6.89. The molecule has 2 unspecified atom stereocenters. The van der Waals surface area contributed by atoms with Crippen LogP contribution < -0.4 is 0 Å². The maximum absolute atomic E-state index is 2.56. The second-order valence-corrected chi connectivity index (χ2v) is 6.89. The SMILES string of the molecule is CCCC(C)C1=CC(C(C)CCC)=C(CCN(C)C)C1. The van der Waals surface area contributed by atoms with E-state index in [1.54, 1.807) is 16.7 Å². The molecule has 0 saturated carbocycles. The van der Waals surface area contributed by atoms with Crippen molar-refractivity contribution >= 4 is 0 Å². The highest BCUT2D eigenvalue weighted by atomic mass is 15.0. The van der Waals surface area contributed by atoms with E-state index in [2.05, 4.69) is 52.8 Å². The minimum absolute atomic E-state index is 0.739. The lowest BCUT2D eigenvalue weighted by atomic mass is 9.92. The van der Waals surface area contributed by atoms with Crippen molar-refractivity contribution in [2.45, 2.75) is 66.2 Å². The van der Waals surface area contributed by atoms with Crippen LogP contribution >= 0.6 is 0 Å². The predicted molar refractivity (Wildman–Crippen MR) is 91.0 cm³/mol. The first-order valence-electron chi connectivity index (χ1n) is 8.56. The van der Waals surface area contributed by atoms with Gasteiger partial charge in [0.15, 0.2) is 0 Å². The van der Waals surface area contributed by atoms with Crippen molar-refractivity contribution in [3.05, 3.63) is 22.8 Å². The van der Waals surface area contributed by atoms with Gasteiger partial charge in [-0.3, -0.25) is 0 Å². The van der Waals surface area contributed by atoms with Gasteiger partial charge >= 0.3 is 0 Å². The summed E-state index contributed by atoms with van der Waals surface area (Å²) in [6.45, 7) is 10.6. The summed E-state index contributed by atoms with van der Waals surface area (Å²) in [7, 11) is 4.36. The van der Waals surface area contributed by atoms with E-state index in [9.17, 15) is 0 Å². The number of allylic oxidation sites excluding steroid dienone is 3. The minimum atomic E-state index is 0.739. The van der Waals surface area contributed by atoms with Gasteiger partial charge < -0.3 is 4.90 Å². The molecule has 1 aliphatic rings. The Bertz CT molecular complexity index is 349. The summed E-state index contributed by atoms with van der Waals surface area (Å²) in [6.07, 6.45) is 10.3. The predicted octanol–water partition coefficient (Wildman–Crippen LogP) is 5.44. The molecule has 1 nitrogen and oxygen atoms in total. The smallest absolute Gasteiger partial charge is 0.00128 e. The van der Waals surface area contributed by atoms with Crippen LogP contribution in [0.4, 0.5) is 0 Å². The van der Waals surface area contributed by atoms with Crippen LogP contribution in [-0.4, -0.2) is 25.5 Å². The average molecular weight is 277 g/mol. The number of rotatable bonds is 9. The zero-order valence-electron chi connectivity index (χ0n) is 14.6. The van der Waals surface area contributed by atoms with Gasteiger partial charge in [0.1, 0.15) is 0 Å². The first kappa shape index (κ1) is 17.5. The summed E-state index contributed by atoms with van der Waals surface area (Å²) in [6, 6.07) is 0. The van der Waals surface area contributed by atoms with Gasteiger partial charge in [-0.25, -0.2) is 0 Å². The second kappa shape index (κ2) is 8.67. The van der Waals surface area contributed by atoms with Gasteiger partial charge in [-0.2, -0.15) is 0 Å². The number of hydrogen-bond acceptors (Lipinski definition) is 1. The van der Waals surface area contributed by atoms with Gasteiger partial charge in [-0.05, 0) is 57.2 Å². The fourth-order valence-corrected chi connectivity index (χ4v) is 3.31. The van der Waals surface area contributed by atoms with Gasteiger partial charge in [-0.15, -0.1) is 0 Å². The van der Waals surface area contributed by atoms with Crippen LogP contribution in [0.5, 0.6) is 0 Å². The Kier molecular flexibility index (Phi) is 7.58. The van der Waals surface area contributed by atoms with Crippen LogP contribution in [0.1, 0.15) is 66.2 Å². The summed E-state index contributed by atoms with van der Waals surface area (Å²) < 4.78 is 0. The molecule has 1 rings (SSSR count). The lowest BCUT2D eigenvalue weighted by molar-refractivity contribution is 0.410. The van der Waals surface area contributed by atoms with E-state index >= 15 is 0 Å². The topological polar surface area (TPSA) is 3.24 Å². The van der Waals surface area contributed by atoms with Gasteiger partial charge in [0.05, 0.1) is 0 Å². The van der Waals surface area contributed by atoms with Crippen LogP contribution in [0.25, 0.3) is 0 Å². The molecular formula is C19H35N. The molecule has 0 amide bonds. The molecule has 0 aromatic rings. The Hall–Kier alpha value is -0.560. The standard InChI is InChI=1S/C19H35N/c1-7-9-15(3)18-13-17(11-12-20(5)6)19(14-18)16(4)10-8-2/h14-16H,7-13H2,1-6H3. The third kappa shape index (κ3) is 5.09. The molecule has 2 atom stereocenters. The van der Waals surface area contributed by atoms with Crippen molar-refractivity contribution in [1.29, 1.82) is 0 Å². The van der Waals surface area contributed by atoms with E-state index < -0.39 is 0 Å². The van der Waals surface area contributed by atoms with E-state index in [1.165, 1.54) is 45.1 Å². The zero-order valence-corrected chi connectivity index (χ0v) is 14.6. The summed E-state index contributed by atoms with van der Waals surface area (Å²) in [5.41, 5.74) is 5.09. The van der Waals surface area contributed by atoms with Gasteiger partial charge in [0.25, 0.3) is 0 Å². The van der Waals surface area contributed by atoms with Crippen molar-refractivity contribution in [3.8, 4) is 0 Å². The fraction of sp³-hybridized carbons (Fsp3) is 0.789. The highest BCUT2D eigenvalue weighted by molar-refractivity contribution is 5.41. The van der Waals surface area contributed by atoms with Crippen molar-refractivity contribution in [2.24, 2.45) is 11.8 Å². The van der Waals surface area contributed by atoms with Crippen LogP contribution in [0, 0.1) is 11.8 Å². The maximum Gasteiger partial charge on any atom is 0.00128 e. The summed E-state index contributed by atoms with van der Waals surface area (Å²) in [4.78, 5) is 2.31. The summed E-state index contributed by atoms with van der Waals surface area (Å²) >= 11 is 0. The Morgan fingerprint density at radius 3 is 2.20 bits per heavy atom. The molecule has 0 saturated heterocycles. The summed E-state index contributed by atoms with van der Waals surface area (Å²) in [5, 5.41) is 0. The molecule has 0 aromatic carbocycles. The van der Waals surface area contributed by atoms with Crippen molar-refractivity contribution in [2.75, 3.05) is 20.6 Å². The maximum atomic E-state index is 2.56. The Morgan fingerprint density at radius 2 is 1.65 bits per heavy atom. The molecule has 116 valence electrons. The molecule has 0 radical (unpaired) electrons. The monoisotopic (exact) mass is 277 g/mol. The average Bonchev–Trinajstić information content (AvgIpc) is 2.81. The molecule has 0 aromatic heterocycles. The van der Waals surface area contributed by atoms with Crippen molar-refractivity contribution in [1.82, 2.24) is 4.90 Å². The zero-order chi connectivity index (χ0) is 15.1. The lowest BCUT2D eigenvalue weighted by Gasteiger charge is -2.16. The van der Waals surface area contributed by atoms with Crippen molar-refractivity contribution < 1.29 is 0 Å². The van der Waals surface area contributed by atoms with Crippen LogP contribution in [-0.2, 0) is 0 Å². The Morgan fingerprint density at radius 1 is 1.05 bits per heavy atom. The molecule has 0 bridgehead atoms. The number of nitrogens with zero attached hydrogens (tertiary/aromatic N) is 1. The fourth-order valence-electron chi connectivity index (χ4n) is 3.31. The summed E-state index contributed by atoms with van der Waals surface area (Å²) in [5.74, 6) is 1.50. The van der Waals surface area contributed by atoms with Gasteiger partial charge in [0, 0.05) is 6.54 Å². The van der Waals surface area contributed by atoms with Crippen molar-refractivity contribution in [3.63, 3.8) is 0 Å². The first-order valence-corrected chi connectivity index (χ1v) is 8.56. The van der Waals surface area contributed by atoms with Crippen LogP contribution in [0.3, 0.4) is 0 Å². The molecular weight excluding hydrogens is 242 g/mol. The lowest BCUT2D eigenvalue weighted by Crippen LogP contribution is -2.14. The minimum Gasteiger partial charge on any atom is -0.309 e. The molecule has 0 fully saturated rings. The normalized spacial score (nSPS) is 18.6. The van der Waals surface area contributed by atoms with Crippen LogP contribution in [0.15, 0.2) is 22.8 Å². The Labute approximate surface area is 127 Å². The van der Waals surface area contributed by atoms with E-state index in [4.69, 9.17) is 0 Å². The largest absolute Gasteiger partial charge is 0.309 e. The molecule has 1 heteroatoms. The quantitative estimate of drug-likeness (QED) is 0.542. The first-order chi connectivity index (χ1) is 9.49. The molecule has 0 heterocycles. The van der Waals surface area contributed by atoms with Crippen LogP contribution in [0.2, 0.25) is 0 Å². The van der Waals surface area contributed by atoms with Gasteiger partial charge in [0.2, 0.25) is 0 Å². The van der Waals surface area contributed by atoms with Gasteiger partial charge in [-0.1, -0.05) is 57.8 Å². The molecule has 0 aliphatic heterocycles. The highest BCUT2D eigenvalue weighted by Crippen LogP contribution is 2.38. The van der Waals surface area contributed by atoms with E-state index in [0.717, 1.165) is 11.8 Å². The molecule has 0 spiro atoms. The molecule has 1 aliphatic carbocycles. The molecule has 20 heavy (non-hydrogen) atoms.